The molecule has 0 atom stereocenters. The number of nitrogens with one attached hydrogen (secondary N) is 2. The largest absolute Gasteiger partial charge is 0.381 e. The summed E-state index contributed by atoms with van der Waals surface area (Å²) in [6, 6.07) is 8.14. The van der Waals surface area contributed by atoms with E-state index in [4.69, 9.17) is 20.9 Å². The van der Waals surface area contributed by atoms with Crippen LogP contribution in [0.15, 0.2) is 33.8 Å². The third-order valence-electron chi connectivity index (χ3n) is 5.32. The molecule has 8 heteroatoms. The molecule has 1 fully saturated rings. The van der Waals surface area contributed by atoms with Crippen molar-refractivity contribution >= 4 is 41.5 Å². The molecule has 1 aliphatic rings. The average Bonchev–Trinajstić information content (AvgIpc) is 3.00. The SMILES string of the molecule is CN=C(NCc1c(C)noc1C)NCC1(c2cccc(Cl)c2)CCOCC1.I. The van der Waals surface area contributed by atoms with E-state index in [1.807, 2.05) is 26.0 Å². The van der Waals surface area contributed by atoms with Crippen molar-refractivity contribution in [3.63, 3.8) is 0 Å². The van der Waals surface area contributed by atoms with Gasteiger partial charge in [-0.1, -0.05) is 28.9 Å². The summed E-state index contributed by atoms with van der Waals surface area (Å²) in [5.74, 6) is 1.58. The highest BCUT2D eigenvalue weighted by molar-refractivity contribution is 14.0. The first-order valence-corrected chi connectivity index (χ1v) is 9.62. The molecule has 3 rings (SSSR count). The Morgan fingerprint density at radius 2 is 2.00 bits per heavy atom. The topological polar surface area (TPSA) is 71.7 Å². The van der Waals surface area contributed by atoms with E-state index in [2.05, 4.69) is 32.9 Å². The van der Waals surface area contributed by atoms with Gasteiger partial charge in [-0.2, -0.15) is 0 Å². The van der Waals surface area contributed by atoms with E-state index in [0.29, 0.717) is 6.54 Å². The highest BCUT2D eigenvalue weighted by Gasteiger charge is 2.34. The molecule has 1 saturated heterocycles. The molecular formula is C20H28ClIN4O2. The molecule has 2 aromatic rings. The predicted molar refractivity (Wildman–Crippen MR) is 123 cm³/mol. The van der Waals surface area contributed by atoms with Gasteiger partial charge in [0, 0.05) is 49.4 Å². The van der Waals surface area contributed by atoms with Crippen LogP contribution in [0, 0.1) is 13.8 Å². The Morgan fingerprint density at radius 3 is 2.61 bits per heavy atom. The van der Waals surface area contributed by atoms with Crippen molar-refractivity contribution in [1.82, 2.24) is 15.8 Å². The van der Waals surface area contributed by atoms with E-state index in [1.54, 1.807) is 7.05 Å². The number of hydrogen-bond donors (Lipinski definition) is 2. The Hall–Kier alpha value is -1.32. The third-order valence-corrected chi connectivity index (χ3v) is 5.55. The van der Waals surface area contributed by atoms with Crippen molar-refractivity contribution in [1.29, 1.82) is 0 Å². The van der Waals surface area contributed by atoms with Crippen molar-refractivity contribution in [3.8, 4) is 0 Å². The van der Waals surface area contributed by atoms with Crippen LogP contribution in [0.3, 0.4) is 0 Å². The summed E-state index contributed by atoms with van der Waals surface area (Å²) in [5, 5.41) is 11.6. The minimum absolute atomic E-state index is 0. The van der Waals surface area contributed by atoms with Gasteiger partial charge in [0.15, 0.2) is 5.96 Å². The summed E-state index contributed by atoms with van der Waals surface area (Å²) in [5.41, 5.74) is 3.18. The summed E-state index contributed by atoms with van der Waals surface area (Å²) < 4.78 is 10.8. The molecule has 2 heterocycles. The quantitative estimate of drug-likeness (QED) is 0.356. The number of hydrogen-bond acceptors (Lipinski definition) is 4. The van der Waals surface area contributed by atoms with Crippen LogP contribution < -0.4 is 10.6 Å². The van der Waals surface area contributed by atoms with E-state index < -0.39 is 0 Å². The molecule has 6 nitrogen and oxygen atoms in total. The molecular weight excluding hydrogens is 491 g/mol. The first-order chi connectivity index (χ1) is 13.0. The van der Waals surface area contributed by atoms with E-state index in [0.717, 1.165) is 60.6 Å². The molecule has 0 bridgehead atoms. The first kappa shape index (κ1) is 23.0. The van der Waals surface area contributed by atoms with E-state index in [-0.39, 0.29) is 29.4 Å². The van der Waals surface area contributed by atoms with Crippen LogP contribution in [0.25, 0.3) is 0 Å². The lowest BCUT2D eigenvalue weighted by atomic mass is 9.74. The lowest BCUT2D eigenvalue weighted by Gasteiger charge is -2.38. The molecule has 1 aliphatic heterocycles. The maximum atomic E-state index is 6.25. The third kappa shape index (κ3) is 5.39. The second-order valence-corrected chi connectivity index (χ2v) is 7.42. The van der Waals surface area contributed by atoms with Gasteiger partial charge in [0.1, 0.15) is 5.76 Å². The second kappa shape index (κ2) is 10.5. The summed E-state index contributed by atoms with van der Waals surface area (Å²) in [6.45, 7) is 6.74. The molecule has 28 heavy (non-hydrogen) atoms. The van der Waals surface area contributed by atoms with Crippen LogP contribution >= 0.6 is 35.6 Å². The zero-order chi connectivity index (χ0) is 19.3. The maximum Gasteiger partial charge on any atom is 0.191 e. The normalized spacial score (nSPS) is 16.4. The van der Waals surface area contributed by atoms with Gasteiger partial charge in [0.2, 0.25) is 0 Å². The Labute approximate surface area is 188 Å². The summed E-state index contributed by atoms with van der Waals surface area (Å²) in [4.78, 5) is 4.36. The minimum atomic E-state index is -0.0240. The monoisotopic (exact) mass is 518 g/mol. The number of aliphatic imine (C=N–C) groups is 1. The van der Waals surface area contributed by atoms with Crippen LogP contribution in [0.1, 0.15) is 35.4 Å². The highest BCUT2D eigenvalue weighted by Crippen LogP contribution is 2.35. The minimum Gasteiger partial charge on any atom is -0.381 e. The Bertz CT molecular complexity index is 784. The number of aromatic nitrogens is 1. The fourth-order valence-corrected chi connectivity index (χ4v) is 3.74. The van der Waals surface area contributed by atoms with Crippen molar-refractivity contribution < 1.29 is 9.26 Å². The molecule has 1 aromatic carbocycles. The lowest BCUT2D eigenvalue weighted by Crippen LogP contribution is -2.48. The highest BCUT2D eigenvalue weighted by atomic mass is 127. The summed E-state index contributed by atoms with van der Waals surface area (Å²) in [6.07, 6.45) is 1.89. The zero-order valence-electron chi connectivity index (χ0n) is 16.5. The number of benzene rings is 1. The van der Waals surface area contributed by atoms with Gasteiger partial charge >= 0.3 is 0 Å². The number of rotatable bonds is 5. The van der Waals surface area contributed by atoms with Gasteiger partial charge in [-0.05, 0) is 44.4 Å². The van der Waals surface area contributed by atoms with Gasteiger partial charge in [-0.3, -0.25) is 4.99 Å². The standard InChI is InChI=1S/C20H27ClN4O2.HI/c1-14-18(15(2)27-25-14)12-23-19(22-3)24-13-20(7-9-26-10-8-20)16-5-4-6-17(21)11-16;/h4-6,11H,7-10,12-13H2,1-3H3,(H2,22,23,24);1H. The molecule has 0 spiro atoms. The molecule has 0 amide bonds. The van der Waals surface area contributed by atoms with E-state index in [1.165, 1.54) is 5.56 Å². The lowest BCUT2D eigenvalue weighted by molar-refractivity contribution is 0.0514. The van der Waals surface area contributed by atoms with Gasteiger partial charge in [-0.25, -0.2) is 0 Å². The molecule has 154 valence electrons. The molecule has 1 aromatic heterocycles. The van der Waals surface area contributed by atoms with Crippen LogP contribution in [0.4, 0.5) is 0 Å². The molecule has 0 saturated carbocycles. The number of halogens is 2. The van der Waals surface area contributed by atoms with Gasteiger partial charge in [-0.15, -0.1) is 24.0 Å². The van der Waals surface area contributed by atoms with Gasteiger partial charge < -0.3 is 19.9 Å². The number of ether oxygens (including phenoxy) is 1. The molecule has 0 unspecified atom stereocenters. The second-order valence-electron chi connectivity index (χ2n) is 6.99. The molecule has 0 aliphatic carbocycles. The Balaban J connectivity index is 0.00000280. The Morgan fingerprint density at radius 1 is 1.25 bits per heavy atom. The average molecular weight is 519 g/mol. The predicted octanol–water partition coefficient (Wildman–Crippen LogP) is 3.98. The zero-order valence-corrected chi connectivity index (χ0v) is 19.6. The molecule has 2 N–H and O–H groups in total. The van der Waals surface area contributed by atoms with Gasteiger partial charge in [0.25, 0.3) is 0 Å². The maximum absolute atomic E-state index is 6.25. The van der Waals surface area contributed by atoms with Crippen LogP contribution in [-0.4, -0.2) is 37.9 Å². The van der Waals surface area contributed by atoms with Crippen molar-refractivity contribution in [2.75, 3.05) is 26.8 Å². The fourth-order valence-electron chi connectivity index (χ4n) is 3.55. The smallest absolute Gasteiger partial charge is 0.191 e. The fraction of sp³-hybridized carbons (Fsp3) is 0.500. The van der Waals surface area contributed by atoms with Crippen LogP contribution in [-0.2, 0) is 16.7 Å². The van der Waals surface area contributed by atoms with E-state index >= 15 is 0 Å². The first-order valence-electron chi connectivity index (χ1n) is 9.24. The van der Waals surface area contributed by atoms with Crippen molar-refractivity contribution in [2.24, 2.45) is 4.99 Å². The molecule has 0 radical (unpaired) electrons. The number of nitrogens with zero attached hydrogens (tertiary/aromatic N) is 2. The Kier molecular flexibility index (Phi) is 8.57. The summed E-state index contributed by atoms with van der Waals surface area (Å²) >= 11 is 6.25. The van der Waals surface area contributed by atoms with E-state index in [9.17, 15) is 0 Å². The van der Waals surface area contributed by atoms with Crippen LogP contribution in [0.5, 0.6) is 0 Å². The van der Waals surface area contributed by atoms with Gasteiger partial charge in [0.05, 0.1) is 5.69 Å². The van der Waals surface area contributed by atoms with Crippen molar-refractivity contribution in [3.05, 3.63) is 51.9 Å². The van der Waals surface area contributed by atoms with Crippen molar-refractivity contribution in [2.45, 2.75) is 38.6 Å². The number of aryl methyl sites for hydroxylation is 2. The van der Waals surface area contributed by atoms with Crippen LogP contribution in [0.2, 0.25) is 5.02 Å². The summed E-state index contributed by atoms with van der Waals surface area (Å²) in [7, 11) is 1.78. The number of guanidine groups is 1.